The number of carboxylic acid groups (broad SMARTS) is 2. The van der Waals surface area contributed by atoms with Crippen LogP contribution in [0.5, 0.6) is 0 Å². The second-order valence-electron chi connectivity index (χ2n) is 4.52. The number of hydrogen-bond acceptors (Lipinski definition) is 4. The number of carboxylic acids is 2. The zero-order chi connectivity index (χ0) is 15.3. The van der Waals surface area contributed by atoms with Crippen LogP contribution in [-0.2, 0) is 19.9 Å². The Bertz CT molecular complexity index is 497. The highest BCUT2D eigenvalue weighted by molar-refractivity contribution is 5.91. The maximum absolute atomic E-state index is 12.3. The first-order chi connectivity index (χ1) is 9.25. The lowest BCUT2D eigenvalue weighted by Gasteiger charge is -2.30. The van der Waals surface area contributed by atoms with Crippen molar-refractivity contribution in [2.45, 2.75) is 12.5 Å². The Morgan fingerprint density at radius 3 is 1.95 bits per heavy atom. The van der Waals surface area contributed by atoms with Crippen molar-refractivity contribution in [3.63, 3.8) is 0 Å². The van der Waals surface area contributed by atoms with E-state index in [0.29, 0.717) is 10.5 Å². The molecule has 0 aliphatic carbocycles. The second-order valence-corrected chi connectivity index (χ2v) is 4.52. The number of benzene rings is 1. The van der Waals surface area contributed by atoms with E-state index in [1.807, 2.05) is 0 Å². The Labute approximate surface area is 115 Å². The van der Waals surface area contributed by atoms with Gasteiger partial charge in [0.15, 0.2) is 0 Å². The van der Waals surface area contributed by atoms with Crippen LogP contribution in [0.2, 0.25) is 0 Å². The molecule has 1 unspecified atom stereocenters. The zero-order valence-electron chi connectivity index (χ0n) is 10.9. The summed E-state index contributed by atoms with van der Waals surface area (Å²) in [5, 5.41) is 17.5. The van der Waals surface area contributed by atoms with E-state index >= 15 is 0 Å². The molecule has 0 fully saturated rings. The molecule has 1 amide bonds. The van der Waals surface area contributed by atoms with E-state index in [0.717, 1.165) is 0 Å². The molecular weight excluding hydrogens is 264 g/mol. The van der Waals surface area contributed by atoms with Crippen molar-refractivity contribution in [3.8, 4) is 0 Å². The summed E-state index contributed by atoms with van der Waals surface area (Å²) in [6.07, 6.45) is 0. The quantitative estimate of drug-likeness (QED) is 0.666. The third-order valence-corrected chi connectivity index (χ3v) is 2.76. The van der Waals surface area contributed by atoms with Gasteiger partial charge in [-0.2, -0.15) is 0 Å². The van der Waals surface area contributed by atoms with E-state index in [2.05, 4.69) is 0 Å². The summed E-state index contributed by atoms with van der Waals surface area (Å²) >= 11 is 0. The molecule has 1 aromatic rings. The minimum absolute atomic E-state index is 0.478. The third-order valence-electron chi connectivity index (χ3n) is 2.76. The van der Waals surface area contributed by atoms with Gasteiger partial charge >= 0.3 is 11.9 Å². The van der Waals surface area contributed by atoms with Gasteiger partial charge in [-0.1, -0.05) is 30.3 Å². The summed E-state index contributed by atoms with van der Waals surface area (Å²) in [7, 11) is 0. The molecule has 0 bridgehead atoms. The summed E-state index contributed by atoms with van der Waals surface area (Å²) in [5.74, 6) is -3.36. The number of carbonyl (C=O) groups is 3. The molecule has 0 aliphatic rings. The number of rotatable bonds is 6. The van der Waals surface area contributed by atoms with Gasteiger partial charge in [-0.3, -0.25) is 14.4 Å². The molecule has 0 spiro atoms. The molecular formula is C13H16N2O5. The number of aliphatic carboxylic acids is 2. The average Bonchev–Trinajstić information content (AvgIpc) is 2.37. The SMILES string of the molecule is CC(N)(C(=O)N(CC(=O)O)CC(=O)O)c1ccccc1. The van der Waals surface area contributed by atoms with E-state index < -0.39 is 36.5 Å². The molecule has 7 heteroatoms. The number of nitrogens with two attached hydrogens (primary N) is 1. The first kappa shape index (κ1) is 15.6. The first-order valence-corrected chi connectivity index (χ1v) is 5.82. The Morgan fingerprint density at radius 1 is 1.10 bits per heavy atom. The number of nitrogens with zero attached hydrogens (tertiary/aromatic N) is 1. The lowest BCUT2D eigenvalue weighted by atomic mass is 9.91. The van der Waals surface area contributed by atoms with E-state index in [4.69, 9.17) is 15.9 Å². The molecule has 0 saturated heterocycles. The van der Waals surface area contributed by atoms with E-state index in [-0.39, 0.29) is 0 Å². The van der Waals surface area contributed by atoms with Crippen LogP contribution in [0.4, 0.5) is 0 Å². The monoisotopic (exact) mass is 280 g/mol. The van der Waals surface area contributed by atoms with Gasteiger partial charge < -0.3 is 20.8 Å². The van der Waals surface area contributed by atoms with Gasteiger partial charge in [0.2, 0.25) is 5.91 Å². The molecule has 0 radical (unpaired) electrons. The van der Waals surface area contributed by atoms with Crippen molar-refractivity contribution in [1.29, 1.82) is 0 Å². The lowest BCUT2D eigenvalue weighted by molar-refractivity contribution is -0.151. The minimum Gasteiger partial charge on any atom is -0.480 e. The number of carbonyl (C=O) groups excluding carboxylic acids is 1. The van der Waals surface area contributed by atoms with Crippen LogP contribution in [0.3, 0.4) is 0 Å². The highest BCUT2D eigenvalue weighted by atomic mass is 16.4. The Balaban J connectivity index is 3.04. The molecule has 20 heavy (non-hydrogen) atoms. The van der Waals surface area contributed by atoms with Gasteiger partial charge in [-0.25, -0.2) is 0 Å². The first-order valence-electron chi connectivity index (χ1n) is 5.82. The molecule has 0 saturated carbocycles. The molecule has 7 nitrogen and oxygen atoms in total. The lowest BCUT2D eigenvalue weighted by Crippen LogP contribution is -2.53. The predicted molar refractivity (Wildman–Crippen MR) is 69.8 cm³/mol. The van der Waals surface area contributed by atoms with Gasteiger partial charge in [0.1, 0.15) is 18.6 Å². The van der Waals surface area contributed by atoms with Crippen LogP contribution in [0.1, 0.15) is 12.5 Å². The number of hydrogen-bond donors (Lipinski definition) is 3. The number of amides is 1. The predicted octanol–water partition coefficient (Wildman–Crippen LogP) is -0.142. The molecule has 0 aliphatic heterocycles. The van der Waals surface area contributed by atoms with E-state index in [1.54, 1.807) is 30.3 Å². The fraction of sp³-hybridized carbons (Fsp3) is 0.308. The van der Waals surface area contributed by atoms with Gasteiger partial charge in [-0.15, -0.1) is 0 Å². The van der Waals surface area contributed by atoms with Gasteiger partial charge in [0.25, 0.3) is 0 Å². The molecule has 108 valence electrons. The van der Waals surface area contributed by atoms with Gasteiger partial charge in [0.05, 0.1) is 0 Å². The molecule has 0 aromatic heterocycles. The summed E-state index contributed by atoms with van der Waals surface area (Å²) in [6.45, 7) is -0.0170. The highest BCUT2D eigenvalue weighted by Crippen LogP contribution is 2.20. The maximum Gasteiger partial charge on any atom is 0.323 e. The van der Waals surface area contributed by atoms with Crippen LogP contribution in [0.15, 0.2) is 30.3 Å². The fourth-order valence-electron chi connectivity index (χ4n) is 1.76. The summed E-state index contributed by atoms with van der Waals surface area (Å²) < 4.78 is 0. The molecule has 0 heterocycles. The Kier molecular flexibility index (Phi) is 4.82. The van der Waals surface area contributed by atoms with Crippen LogP contribution in [-0.4, -0.2) is 46.0 Å². The summed E-state index contributed by atoms with van der Waals surface area (Å²) in [6, 6.07) is 8.37. The molecule has 1 rings (SSSR count). The summed E-state index contributed by atoms with van der Waals surface area (Å²) in [4.78, 5) is 34.5. The van der Waals surface area contributed by atoms with E-state index in [9.17, 15) is 14.4 Å². The maximum atomic E-state index is 12.3. The van der Waals surface area contributed by atoms with E-state index in [1.165, 1.54) is 6.92 Å². The molecule has 1 atom stereocenters. The Hall–Kier alpha value is -2.41. The third kappa shape index (κ3) is 3.79. The molecule has 4 N–H and O–H groups in total. The van der Waals surface area contributed by atoms with Crippen LogP contribution in [0.25, 0.3) is 0 Å². The normalized spacial score (nSPS) is 13.3. The molecule has 1 aromatic carbocycles. The van der Waals surface area contributed by atoms with Gasteiger partial charge in [0, 0.05) is 0 Å². The van der Waals surface area contributed by atoms with Crippen molar-refractivity contribution in [2.75, 3.05) is 13.1 Å². The standard InChI is InChI=1S/C13H16N2O5/c1-13(14,9-5-3-2-4-6-9)12(20)15(7-10(16)17)8-11(18)19/h2-6H,7-8,14H2,1H3,(H,16,17)(H,18,19). The largest absolute Gasteiger partial charge is 0.480 e. The van der Waals surface area contributed by atoms with Crippen molar-refractivity contribution in [3.05, 3.63) is 35.9 Å². The van der Waals surface area contributed by atoms with Gasteiger partial charge in [-0.05, 0) is 12.5 Å². The average molecular weight is 280 g/mol. The summed E-state index contributed by atoms with van der Waals surface area (Å²) in [5.41, 5.74) is 4.94. The minimum atomic E-state index is -1.49. The fourth-order valence-corrected chi connectivity index (χ4v) is 1.76. The van der Waals surface area contributed by atoms with Crippen molar-refractivity contribution >= 4 is 17.8 Å². The Morgan fingerprint density at radius 2 is 1.55 bits per heavy atom. The highest BCUT2D eigenvalue weighted by Gasteiger charge is 2.35. The topological polar surface area (TPSA) is 121 Å². The van der Waals surface area contributed by atoms with Crippen molar-refractivity contribution in [2.24, 2.45) is 5.73 Å². The van der Waals surface area contributed by atoms with Crippen molar-refractivity contribution < 1.29 is 24.6 Å². The smallest absolute Gasteiger partial charge is 0.323 e. The van der Waals surface area contributed by atoms with Crippen LogP contribution >= 0.6 is 0 Å². The van der Waals surface area contributed by atoms with Crippen LogP contribution < -0.4 is 5.73 Å². The van der Waals surface area contributed by atoms with Crippen LogP contribution in [0, 0.1) is 0 Å². The second kappa shape index (κ2) is 6.16. The van der Waals surface area contributed by atoms with Crippen molar-refractivity contribution in [1.82, 2.24) is 4.90 Å². The zero-order valence-corrected chi connectivity index (χ0v) is 10.9.